The lowest BCUT2D eigenvalue weighted by Crippen LogP contribution is -2.36. The maximum Gasteiger partial charge on any atom is 0.161 e. The highest BCUT2D eigenvalue weighted by molar-refractivity contribution is 7.10. The molecule has 3 rings (SSSR count). The summed E-state index contributed by atoms with van der Waals surface area (Å²) < 4.78 is 11.0. The molecule has 0 saturated heterocycles. The topological polar surface area (TPSA) is 21.7 Å². The first-order chi connectivity index (χ1) is 11.1. The minimum absolute atomic E-state index is 0.259. The Kier molecular flexibility index (Phi) is 4.74. The van der Waals surface area contributed by atoms with E-state index in [1.807, 2.05) is 0 Å². The van der Waals surface area contributed by atoms with E-state index in [4.69, 9.17) is 9.47 Å². The Morgan fingerprint density at radius 3 is 2.65 bits per heavy atom. The van der Waals surface area contributed by atoms with Gasteiger partial charge in [-0.25, -0.2) is 0 Å². The van der Waals surface area contributed by atoms with Gasteiger partial charge in [0.1, 0.15) is 0 Å². The van der Waals surface area contributed by atoms with E-state index >= 15 is 0 Å². The molecule has 4 heteroatoms. The number of rotatable bonds is 5. The van der Waals surface area contributed by atoms with E-state index in [1.165, 1.54) is 21.6 Å². The lowest BCUT2D eigenvalue weighted by atomic mass is 9.90. The molecule has 0 N–H and O–H groups in total. The van der Waals surface area contributed by atoms with Gasteiger partial charge in [0.25, 0.3) is 0 Å². The second kappa shape index (κ2) is 6.77. The molecule has 122 valence electrons. The van der Waals surface area contributed by atoms with Gasteiger partial charge in [0.15, 0.2) is 11.5 Å². The first-order valence-electron chi connectivity index (χ1n) is 7.80. The number of thiophene rings is 1. The van der Waals surface area contributed by atoms with Gasteiger partial charge >= 0.3 is 0 Å². The molecule has 1 aromatic carbocycles. The van der Waals surface area contributed by atoms with Crippen LogP contribution in [0.1, 0.15) is 29.0 Å². The standard InChI is InChI=1S/C19H23NO2S/c1-13(2)12-20-8-7-14-10-16(21-3)17(22-4)11-15(14)19(20)18-6-5-9-23-18/h5-6,9-11,19H,1,7-8,12H2,2-4H3/t19-/m0/s1. The lowest BCUT2D eigenvalue weighted by molar-refractivity contribution is 0.233. The van der Waals surface area contributed by atoms with Crippen LogP contribution in [0.15, 0.2) is 41.8 Å². The third-order valence-electron chi connectivity index (χ3n) is 4.26. The minimum Gasteiger partial charge on any atom is -0.493 e. The molecule has 0 spiro atoms. The van der Waals surface area contributed by atoms with Crippen LogP contribution < -0.4 is 9.47 Å². The van der Waals surface area contributed by atoms with Crippen molar-refractivity contribution in [2.75, 3.05) is 27.3 Å². The van der Waals surface area contributed by atoms with E-state index in [1.54, 1.807) is 25.6 Å². The molecule has 2 heterocycles. The van der Waals surface area contributed by atoms with E-state index in [-0.39, 0.29) is 6.04 Å². The number of methoxy groups -OCH3 is 2. The van der Waals surface area contributed by atoms with Gasteiger partial charge in [-0.2, -0.15) is 0 Å². The van der Waals surface area contributed by atoms with Gasteiger partial charge in [-0.05, 0) is 48.1 Å². The van der Waals surface area contributed by atoms with E-state index in [0.717, 1.165) is 31.0 Å². The van der Waals surface area contributed by atoms with E-state index in [0.29, 0.717) is 0 Å². The molecule has 0 aliphatic carbocycles. The summed E-state index contributed by atoms with van der Waals surface area (Å²) in [4.78, 5) is 3.86. The molecule has 1 aliphatic rings. The summed E-state index contributed by atoms with van der Waals surface area (Å²) in [6.07, 6.45) is 1.02. The maximum absolute atomic E-state index is 5.53. The summed E-state index contributed by atoms with van der Waals surface area (Å²) in [6, 6.07) is 8.87. The third kappa shape index (κ3) is 3.14. The van der Waals surface area contributed by atoms with Crippen molar-refractivity contribution >= 4 is 11.3 Å². The Hall–Kier alpha value is -1.78. The smallest absolute Gasteiger partial charge is 0.161 e. The molecule has 23 heavy (non-hydrogen) atoms. The summed E-state index contributed by atoms with van der Waals surface area (Å²) in [5.74, 6) is 1.61. The zero-order chi connectivity index (χ0) is 16.4. The fourth-order valence-electron chi connectivity index (χ4n) is 3.29. The predicted octanol–water partition coefficient (Wildman–Crippen LogP) is 4.29. The number of benzene rings is 1. The molecular weight excluding hydrogens is 306 g/mol. The number of hydrogen-bond acceptors (Lipinski definition) is 4. The highest BCUT2D eigenvalue weighted by Gasteiger charge is 2.30. The first kappa shape index (κ1) is 16.1. The van der Waals surface area contributed by atoms with Crippen molar-refractivity contribution in [3.63, 3.8) is 0 Å². The van der Waals surface area contributed by atoms with E-state index in [9.17, 15) is 0 Å². The van der Waals surface area contributed by atoms with Crippen LogP contribution in [-0.2, 0) is 6.42 Å². The Balaban J connectivity index is 2.10. The van der Waals surface area contributed by atoms with Crippen molar-refractivity contribution in [2.45, 2.75) is 19.4 Å². The number of ether oxygens (including phenoxy) is 2. The average molecular weight is 329 g/mol. The molecule has 0 fully saturated rings. The van der Waals surface area contributed by atoms with Crippen LogP contribution in [0.3, 0.4) is 0 Å². The summed E-state index contributed by atoms with van der Waals surface area (Å²) in [7, 11) is 3.39. The van der Waals surface area contributed by atoms with Crippen LogP contribution in [0.5, 0.6) is 11.5 Å². The summed E-state index contributed by atoms with van der Waals surface area (Å²) in [5, 5.41) is 2.14. The van der Waals surface area contributed by atoms with Crippen LogP contribution in [-0.4, -0.2) is 32.2 Å². The summed E-state index contributed by atoms with van der Waals surface area (Å²) in [6.45, 7) is 8.13. The van der Waals surface area contributed by atoms with Crippen LogP contribution in [0.25, 0.3) is 0 Å². The number of nitrogens with zero attached hydrogens (tertiary/aromatic N) is 1. The Bertz CT molecular complexity index is 694. The van der Waals surface area contributed by atoms with Crippen LogP contribution in [0.4, 0.5) is 0 Å². The quantitative estimate of drug-likeness (QED) is 0.764. The fraction of sp³-hybridized carbons (Fsp3) is 0.368. The fourth-order valence-corrected chi connectivity index (χ4v) is 4.17. The zero-order valence-electron chi connectivity index (χ0n) is 14.0. The van der Waals surface area contributed by atoms with Crippen LogP contribution in [0, 0.1) is 0 Å². The second-order valence-electron chi connectivity index (χ2n) is 6.00. The molecule has 1 atom stereocenters. The number of fused-ring (bicyclic) bond motifs is 1. The highest BCUT2D eigenvalue weighted by Crippen LogP contribution is 2.42. The van der Waals surface area contributed by atoms with Crippen molar-refractivity contribution in [1.29, 1.82) is 0 Å². The van der Waals surface area contributed by atoms with E-state index < -0.39 is 0 Å². The molecule has 0 radical (unpaired) electrons. The molecule has 0 bridgehead atoms. The van der Waals surface area contributed by atoms with Crippen molar-refractivity contribution in [2.24, 2.45) is 0 Å². The zero-order valence-corrected chi connectivity index (χ0v) is 14.8. The number of hydrogen-bond donors (Lipinski definition) is 0. The van der Waals surface area contributed by atoms with Crippen molar-refractivity contribution < 1.29 is 9.47 Å². The molecule has 1 aromatic heterocycles. The lowest BCUT2D eigenvalue weighted by Gasteiger charge is -2.37. The summed E-state index contributed by atoms with van der Waals surface area (Å²) >= 11 is 1.80. The molecule has 2 aromatic rings. The van der Waals surface area contributed by atoms with Gasteiger partial charge in [0.05, 0.1) is 20.3 Å². The Labute approximate surface area is 142 Å². The van der Waals surface area contributed by atoms with Crippen LogP contribution in [0.2, 0.25) is 0 Å². The van der Waals surface area contributed by atoms with Gasteiger partial charge < -0.3 is 9.47 Å². The van der Waals surface area contributed by atoms with Gasteiger partial charge in [0.2, 0.25) is 0 Å². The Morgan fingerprint density at radius 2 is 2.04 bits per heavy atom. The SMILES string of the molecule is C=C(C)CN1CCc2cc(OC)c(OC)cc2[C@H]1c1cccs1. The molecular formula is C19H23NO2S. The van der Waals surface area contributed by atoms with E-state index in [2.05, 4.69) is 48.0 Å². The molecule has 0 amide bonds. The van der Waals surface area contributed by atoms with Crippen LogP contribution >= 0.6 is 11.3 Å². The van der Waals surface area contributed by atoms with Gasteiger partial charge in [0, 0.05) is 18.0 Å². The minimum atomic E-state index is 0.259. The molecule has 1 aliphatic heterocycles. The predicted molar refractivity (Wildman–Crippen MR) is 95.8 cm³/mol. The largest absolute Gasteiger partial charge is 0.493 e. The van der Waals surface area contributed by atoms with Gasteiger partial charge in [-0.3, -0.25) is 4.90 Å². The van der Waals surface area contributed by atoms with Gasteiger partial charge in [-0.1, -0.05) is 18.2 Å². The first-order valence-corrected chi connectivity index (χ1v) is 8.68. The third-order valence-corrected chi connectivity index (χ3v) is 5.18. The van der Waals surface area contributed by atoms with Crippen molar-refractivity contribution in [3.8, 4) is 11.5 Å². The highest BCUT2D eigenvalue weighted by atomic mass is 32.1. The normalized spacial score (nSPS) is 17.6. The van der Waals surface area contributed by atoms with Gasteiger partial charge in [-0.15, -0.1) is 11.3 Å². The van der Waals surface area contributed by atoms with Crippen molar-refractivity contribution in [1.82, 2.24) is 4.90 Å². The average Bonchev–Trinajstić information content (AvgIpc) is 3.06. The molecule has 0 saturated carbocycles. The molecule has 3 nitrogen and oxygen atoms in total. The monoisotopic (exact) mass is 329 g/mol. The second-order valence-corrected chi connectivity index (χ2v) is 6.98. The molecule has 0 unspecified atom stereocenters. The van der Waals surface area contributed by atoms with Crippen molar-refractivity contribution in [3.05, 3.63) is 57.8 Å². The Morgan fingerprint density at radius 1 is 1.30 bits per heavy atom. The maximum atomic E-state index is 5.53. The summed E-state index contributed by atoms with van der Waals surface area (Å²) in [5.41, 5.74) is 3.85.